The maximum atomic E-state index is 12.5. The van der Waals surface area contributed by atoms with Gasteiger partial charge < -0.3 is 9.52 Å². The summed E-state index contributed by atoms with van der Waals surface area (Å²) in [7, 11) is -4.20. The monoisotopic (exact) mass is 354 g/mol. The van der Waals surface area contributed by atoms with E-state index in [-0.39, 0.29) is 16.3 Å². The molecule has 0 bridgehead atoms. The van der Waals surface area contributed by atoms with E-state index >= 15 is 0 Å². The van der Waals surface area contributed by atoms with Gasteiger partial charge in [0.15, 0.2) is 0 Å². The number of carbonyl (C=O) groups is 1. The molecule has 128 valence electrons. The lowest BCUT2D eigenvalue weighted by atomic mass is 10.2. The molecule has 0 amide bonds. The molecule has 1 heterocycles. The van der Waals surface area contributed by atoms with Crippen LogP contribution in [0.2, 0.25) is 0 Å². The third-order valence-electron chi connectivity index (χ3n) is 3.23. The van der Waals surface area contributed by atoms with Crippen molar-refractivity contribution in [2.45, 2.75) is 24.3 Å². The summed E-state index contributed by atoms with van der Waals surface area (Å²) in [5.41, 5.74) is -0.0876. The summed E-state index contributed by atoms with van der Waals surface area (Å²) in [6, 6.07) is 5.23. The summed E-state index contributed by atoms with van der Waals surface area (Å²) >= 11 is 0. The molecule has 0 aliphatic carbocycles. The topological polar surface area (TPSA) is 140 Å². The zero-order chi connectivity index (χ0) is 17.9. The highest BCUT2D eigenvalue weighted by Crippen LogP contribution is 2.25. The van der Waals surface area contributed by atoms with E-state index in [0.717, 1.165) is 6.07 Å². The van der Waals surface area contributed by atoms with E-state index in [2.05, 4.69) is 4.72 Å². The molecule has 10 heteroatoms. The third kappa shape index (κ3) is 3.97. The minimum absolute atomic E-state index is 0.129. The third-order valence-corrected chi connectivity index (χ3v) is 4.85. The molecule has 0 radical (unpaired) electrons. The van der Waals surface area contributed by atoms with Crippen molar-refractivity contribution in [1.82, 2.24) is 4.72 Å². The van der Waals surface area contributed by atoms with Gasteiger partial charge in [0.2, 0.25) is 10.0 Å². The largest absolute Gasteiger partial charge is 0.481 e. The van der Waals surface area contributed by atoms with E-state index in [1.807, 2.05) is 0 Å². The van der Waals surface area contributed by atoms with E-state index in [4.69, 9.17) is 9.52 Å². The van der Waals surface area contributed by atoms with E-state index in [0.29, 0.717) is 5.56 Å². The summed E-state index contributed by atoms with van der Waals surface area (Å²) in [4.78, 5) is 20.8. The molecule has 1 atom stereocenters. The highest BCUT2D eigenvalue weighted by atomic mass is 32.2. The van der Waals surface area contributed by atoms with E-state index in [1.165, 1.54) is 37.5 Å². The summed E-state index contributed by atoms with van der Waals surface area (Å²) in [5, 5.41) is 19.8. The van der Waals surface area contributed by atoms with Crippen molar-refractivity contribution in [3.63, 3.8) is 0 Å². The molecule has 2 N–H and O–H groups in total. The van der Waals surface area contributed by atoms with Crippen LogP contribution in [0.15, 0.2) is 45.9 Å². The molecule has 1 unspecified atom stereocenters. The van der Waals surface area contributed by atoms with Crippen LogP contribution in [0.5, 0.6) is 0 Å². The predicted molar refractivity (Wildman–Crippen MR) is 81.9 cm³/mol. The fourth-order valence-electron chi connectivity index (χ4n) is 2.11. The minimum atomic E-state index is -4.20. The highest BCUT2D eigenvalue weighted by molar-refractivity contribution is 7.89. The fourth-order valence-corrected chi connectivity index (χ4v) is 3.58. The van der Waals surface area contributed by atoms with Crippen molar-refractivity contribution in [3.05, 3.63) is 58.0 Å². The van der Waals surface area contributed by atoms with Gasteiger partial charge in [-0.2, -0.15) is 4.72 Å². The molecule has 1 aromatic carbocycles. The Kier molecular flexibility index (Phi) is 5.00. The van der Waals surface area contributed by atoms with Crippen LogP contribution in [-0.2, 0) is 14.8 Å². The van der Waals surface area contributed by atoms with Gasteiger partial charge in [-0.05, 0) is 24.6 Å². The number of hydrogen-bond acceptors (Lipinski definition) is 6. The van der Waals surface area contributed by atoms with Crippen LogP contribution in [0.25, 0.3) is 0 Å². The molecule has 0 saturated heterocycles. The average Bonchev–Trinajstić information content (AvgIpc) is 3.00. The predicted octanol–water partition coefficient (Wildman–Crippen LogP) is 1.99. The number of nitrogens with zero attached hydrogens (tertiary/aromatic N) is 1. The molecule has 2 rings (SSSR count). The number of hydrogen-bond donors (Lipinski definition) is 2. The van der Waals surface area contributed by atoms with Crippen molar-refractivity contribution in [2.24, 2.45) is 0 Å². The summed E-state index contributed by atoms with van der Waals surface area (Å²) in [6.07, 6.45) is 0.748. The molecule has 0 spiro atoms. The van der Waals surface area contributed by atoms with Crippen LogP contribution in [0.3, 0.4) is 0 Å². The van der Waals surface area contributed by atoms with Gasteiger partial charge in [-0.15, -0.1) is 0 Å². The smallest absolute Gasteiger partial charge is 0.305 e. The Labute approximate surface area is 137 Å². The Balaban J connectivity index is 2.40. The lowest BCUT2D eigenvalue weighted by Crippen LogP contribution is -2.30. The molecule has 0 fully saturated rings. The molecule has 0 saturated carbocycles. The van der Waals surface area contributed by atoms with Gasteiger partial charge in [-0.3, -0.25) is 14.9 Å². The van der Waals surface area contributed by atoms with Crippen LogP contribution in [-0.4, -0.2) is 24.4 Å². The normalized spacial score (nSPS) is 12.7. The first-order valence-electron chi connectivity index (χ1n) is 6.73. The van der Waals surface area contributed by atoms with Crippen molar-refractivity contribution in [3.8, 4) is 0 Å². The van der Waals surface area contributed by atoms with E-state index < -0.39 is 33.4 Å². The summed E-state index contributed by atoms with van der Waals surface area (Å²) in [6.45, 7) is 1.48. The second-order valence-electron chi connectivity index (χ2n) is 4.99. The second-order valence-corrected chi connectivity index (χ2v) is 6.68. The molecule has 0 aliphatic rings. The molecular weight excluding hydrogens is 340 g/mol. The standard InChI is InChI=1S/C14H14N2O7S/c1-9-4-5-10(16(19)20)7-13(9)24(21,22)15-11(8-14(17)18)12-3-2-6-23-12/h2-7,11,15H,8H2,1H3,(H,17,18). The number of benzene rings is 1. The number of sulfonamides is 1. The van der Waals surface area contributed by atoms with Gasteiger partial charge in [0, 0.05) is 12.1 Å². The van der Waals surface area contributed by atoms with Gasteiger partial charge in [0.1, 0.15) is 5.76 Å². The van der Waals surface area contributed by atoms with Gasteiger partial charge in [0.05, 0.1) is 28.5 Å². The van der Waals surface area contributed by atoms with Crippen molar-refractivity contribution in [2.75, 3.05) is 0 Å². The zero-order valence-corrected chi connectivity index (χ0v) is 13.3. The number of nitro groups is 1. The van der Waals surface area contributed by atoms with Crippen LogP contribution < -0.4 is 4.72 Å². The number of furan rings is 1. The minimum Gasteiger partial charge on any atom is -0.481 e. The number of rotatable bonds is 7. The summed E-state index contributed by atoms with van der Waals surface area (Å²) < 4.78 is 32.4. The number of non-ortho nitro benzene ring substituents is 1. The fraction of sp³-hybridized carbons (Fsp3) is 0.214. The first kappa shape index (κ1) is 17.6. The number of carboxylic acid groups (broad SMARTS) is 1. The second kappa shape index (κ2) is 6.81. The Hall–Kier alpha value is -2.72. The van der Waals surface area contributed by atoms with Crippen LogP contribution >= 0.6 is 0 Å². The maximum Gasteiger partial charge on any atom is 0.305 e. The number of nitro benzene ring substituents is 1. The van der Waals surface area contributed by atoms with Crippen molar-refractivity contribution >= 4 is 21.7 Å². The van der Waals surface area contributed by atoms with Crippen LogP contribution in [0.4, 0.5) is 5.69 Å². The van der Waals surface area contributed by atoms with E-state index in [1.54, 1.807) is 0 Å². The van der Waals surface area contributed by atoms with Crippen molar-refractivity contribution < 1.29 is 27.7 Å². The number of aliphatic carboxylic acids is 1. The molecule has 24 heavy (non-hydrogen) atoms. The van der Waals surface area contributed by atoms with Crippen LogP contribution in [0, 0.1) is 17.0 Å². The van der Waals surface area contributed by atoms with Crippen molar-refractivity contribution in [1.29, 1.82) is 0 Å². The Morgan fingerprint density at radius 1 is 1.42 bits per heavy atom. The number of nitrogens with one attached hydrogen (secondary N) is 1. The average molecular weight is 354 g/mol. The van der Waals surface area contributed by atoms with E-state index in [9.17, 15) is 23.3 Å². The SMILES string of the molecule is Cc1ccc([N+](=O)[O-])cc1S(=O)(=O)NC(CC(=O)O)c1ccco1. The molecule has 9 nitrogen and oxygen atoms in total. The van der Waals surface area contributed by atoms with Gasteiger partial charge in [0.25, 0.3) is 5.69 Å². The zero-order valence-electron chi connectivity index (χ0n) is 12.5. The molecule has 2 aromatic rings. The maximum absolute atomic E-state index is 12.5. The number of carboxylic acids is 1. The van der Waals surface area contributed by atoms with Crippen LogP contribution in [0.1, 0.15) is 23.8 Å². The van der Waals surface area contributed by atoms with Gasteiger partial charge >= 0.3 is 5.97 Å². The molecule has 1 aromatic heterocycles. The summed E-state index contributed by atoms with van der Waals surface area (Å²) in [5.74, 6) is -1.10. The lowest BCUT2D eigenvalue weighted by Gasteiger charge is -2.16. The Bertz CT molecular complexity index is 859. The van der Waals surface area contributed by atoms with Gasteiger partial charge in [-0.25, -0.2) is 8.42 Å². The van der Waals surface area contributed by atoms with Gasteiger partial charge in [-0.1, -0.05) is 6.07 Å². The highest BCUT2D eigenvalue weighted by Gasteiger charge is 2.27. The molecular formula is C14H14N2O7S. The lowest BCUT2D eigenvalue weighted by molar-refractivity contribution is -0.385. The Morgan fingerprint density at radius 3 is 2.67 bits per heavy atom. The number of aryl methyl sites for hydroxylation is 1. The first-order valence-corrected chi connectivity index (χ1v) is 8.21. The molecule has 0 aliphatic heterocycles. The first-order chi connectivity index (χ1) is 11.2. The Morgan fingerprint density at radius 2 is 2.12 bits per heavy atom. The quantitative estimate of drug-likeness (QED) is 0.572.